The molecule has 0 spiro atoms. The SMILES string of the molecule is CN1CCc2ccc([N+](=O)[O-])cc2C1=O. The largest absolute Gasteiger partial charge is 0.341 e. The molecule has 0 fully saturated rings. The number of likely N-dealkylation sites (N-methyl/N-ethyl adjacent to an activating group) is 1. The average molecular weight is 206 g/mol. The second kappa shape index (κ2) is 3.34. The molecule has 5 nitrogen and oxygen atoms in total. The van der Waals surface area contributed by atoms with E-state index in [1.165, 1.54) is 12.1 Å². The Bertz CT molecular complexity index is 442. The number of hydrogen-bond acceptors (Lipinski definition) is 3. The second-order valence-electron chi connectivity index (χ2n) is 3.58. The Morgan fingerprint density at radius 2 is 2.20 bits per heavy atom. The molecule has 0 unspecified atom stereocenters. The summed E-state index contributed by atoms with van der Waals surface area (Å²) in [5.74, 6) is -0.139. The molecule has 0 atom stereocenters. The van der Waals surface area contributed by atoms with E-state index in [4.69, 9.17) is 0 Å². The minimum Gasteiger partial charge on any atom is -0.341 e. The van der Waals surface area contributed by atoms with Crippen molar-refractivity contribution in [2.75, 3.05) is 13.6 Å². The van der Waals surface area contributed by atoms with E-state index in [-0.39, 0.29) is 11.6 Å². The third-order valence-electron chi connectivity index (χ3n) is 2.60. The summed E-state index contributed by atoms with van der Waals surface area (Å²) in [7, 11) is 1.70. The predicted molar refractivity (Wildman–Crippen MR) is 53.8 cm³/mol. The van der Waals surface area contributed by atoms with Crippen LogP contribution in [0.1, 0.15) is 15.9 Å². The molecule has 0 bridgehead atoms. The summed E-state index contributed by atoms with van der Waals surface area (Å²) < 4.78 is 0. The van der Waals surface area contributed by atoms with Crippen LogP contribution in [0.2, 0.25) is 0 Å². The molecular weight excluding hydrogens is 196 g/mol. The van der Waals surface area contributed by atoms with Crippen LogP contribution in [0.3, 0.4) is 0 Å². The van der Waals surface area contributed by atoms with Crippen LogP contribution in [-0.4, -0.2) is 29.3 Å². The van der Waals surface area contributed by atoms with E-state index in [1.54, 1.807) is 18.0 Å². The van der Waals surface area contributed by atoms with Crippen LogP contribution in [0.4, 0.5) is 5.69 Å². The van der Waals surface area contributed by atoms with E-state index in [0.29, 0.717) is 12.1 Å². The lowest BCUT2D eigenvalue weighted by atomic mass is 9.99. The summed E-state index contributed by atoms with van der Waals surface area (Å²) in [5.41, 5.74) is 1.32. The van der Waals surface area contributed by atoms with Crippen molar-refractivity contribution in [1.82, 2.24) is 4.90 Å². The van der Waals surface area contributed by atoms with E-state index in [0.717, 1.165) is 12.0 Å². The van der Waals surface area contributed by atoms with Crippen molar-refractivity contribution in [2.24, 2.45) is 0 Å². The van der Waals surface area contributed by atoms with E-state index in [2.05, 4.69) is 0 Å². The molecule has 1 aliphatic heterocycles. The normalized spacial score (nSPS) is 15.0. The zero-order chi connectivity index (χ0) is 11.0. The number of carbonyl (C=O) groups excluding carboxylic acids is 1. The van der Waals surface area contributed by atoms with Gasteiger partial charge in [0.25, 0.3) is 11.6 Å². The van der Waals surface area contributed by atoms with Crippen molar-refractivity contribution >= 4 is 11.6 Å². The number of nitro groups is 1. The highest BCUT2D eigenvalue weighted by Crippen LogP contribution is 2.22. The van der Waals surface area contributed by atoms with Gasteiger partial charge in [0.05, 0.1) is 4.92 Å². The number of carbonyl (C=O) groups is 1. The Morgan fingerprint density at radius 3 is 2.87 bits per heavy atom. The molecule has 0 aromatic heterocycles. The zero-order valence-corrected chi connectivity index (χ0v) is 8.27. The van der Waals surface area contributed by atoms with Crippen molar-refractivity contribution in [3.05, 3.63) is 39.4 Å². The molecule has 0 aliphatic carbocycles. The first kappa shape index (κ1) is 9.64. The molecule has 0 saturated carbocycles. The van der Waals surface area contributed by atoms with E-state index >= 15 is 0 Å². The Balaban J connectivity index is 2.50. The maximum atomic E-state index is 11.7. The summed E-state index contributed by atoms with van der Waals surface area (Å²) in [5, 5.41) is 10.6. The first-order valence-electron chi connectivity index (χ1n) is 4.62. The Labute approximate surface area is 86.5 Å². The highest BCUT2D eigenvalue weighted by Gasteiger charge is 2.23. The first-order valence-corrected chi connectivity index (χ1v) is 4.62. The predicted octanol–water partition coefficient (Wildman–Crippen LogP) is 1.22. The molecule has 0 N–H and O–H groups in total. The van der Waals surface area contributed by atoms with Crippen LogP contribution in [-0.2, 0) is 6.42 Å². The van der Waals surface area contributed by atoms with Gasteiger partial charge in [-0.05, 0) is 12.0 Å². The van der Waals surface area contributed by atoms with Gasteiger partial charge in [0.15, 0.2) is 0 Å². The fourth-order valence-electron chi connectivity index (χ4n) is 1.69. The van der Waals surface area contributed by atoms with Crippen molar-refractivity contribution in [1.29, 1.82) is 0 Å². The van der Waals surface area contributed by atoms with Crippen LogP contribution in [0.5, 0.6) is 0 Å². The van der Waals surface area contributed by atoms with Crippen LogP contribution in [0.15, 0.2) is 18.2 Å². The zero-order valence-electron chi connectivity index (χ0n) is 8.27. The van der Waals surface area contributed by atoms with Gasteiger partial charge in [-0.15, -0.1) is 0 Å². The van der Waals surface area contributed by atoms with Gasteiger partial charge in [0, 0.05) is 31.3 Å². The van der Waals surface area contributed by atoms with E-state index in [1.807, 2.05) is 0 Å². The van der Waals surface area contributed by atoms with Gasteiger partial charge in [-0.3, -0.25) is 14.9 Å². The lowest BCUT2D eigenvalue weighted by Gasteiger charge is -2.24. The summed E-state index contributed by atoms with van der Waals surface area (Å²) >= 11 is 0. The van der Waals surface area contributed by atoms with Crippen LogP contribution in [0, 0.1) is 10.1 Å². The quantitative estimate of drug-likeness (QED) is 0.512. The summed E-state index contributed by atoms with van der Waals surface area (Å²) in [6.07, 6.45) is 0.759. The van der Waals surface area contributed by atoms with Crippen molar-refractivity contribution in [2.45, 2.75) is 6.42 Å². The van der Waals surface area contributed by atoms with E-state index < -0.39 is 4.92 Å². The number of amides is 1. The maximum Gasteiger partial charge on any atom is 0.270 e. The number of benzene rings is 1. The molecule has 15 heavy (non-hydrogen) atoms. The van der Waals surface area contributed by atoms with Crippen molar-refractivity contribution < 1.29 is 9.72 Å². The molecule has 0 radical (unpaired) electrons. The first-order chi connectivity index (χ1) is 7.09. The third-order valence-corrected chi connectivity index (χ3v) is 2.60. The van der Waals surface area contributed by atoms with Crippen molar-refractivity contribution in [3.8, 4) is 0 Å². The molecule has 5 heteroatoms. The molecule has 1 heterocycles. The number of nitrogens with zero attached hydrogens (tertiary/aromatic N) is 2. The van der Waals surface area contributed by atoms with Gasteiger partial charge in [0.1, 0.15) is 0 Å². The molecule has 1 aliphatic rings. The topological polar surface area (TPSA) is 63.4 Å². The van der Waals surface area contributed by atoms with Gasteiger partial charge in [-0.1, -0.05) is 6.07 Å². The molecule has 1 amide bonds. The fourth-order valence-corrected chi connectivity index (χ4v) is 1.69. The number of hydrogen-bond donors (Lipinski definition) is 0. The highest BCUT2D eigenvalue weighted by molar-refractivity contribution is 5.97. The minimum atomic E-state index is -0.484. The number of non-ortho nitro benzene ring substituents is 1. The number of nitro benzene ring substituents is 1. The molecular formula is C10H10N2O3. The molecule has 1 aromatic carbocycles. The van der Waals surface area contributed by atoms with Crippen LogP contribution >= 0.6 is 0 Å². The third kappa shape index (κ3) is 1.56. The Hall–Kier alpha value is -1.91. The van der Waals surface area contributed by atoms with Gasteiger partial charge >= 0.3 is 0 Å². The standard InChI is InChI=1S/C10H10N2O3/c1-11-5-4-7-2-3-8(12(14)15)6-9(7)10(11)13/h2-3,6H,4-5H2,1H3. The number of rotatable bonds is 1. The van der Waals surface area contributed by atoms with Crippen LogP contribution < -0.4 is 0 Å². The number of fused-ring (bicyclic) bond motifs is 1. The lowest BCUT2D eigenvalue weighted by molar-refractivity contribution is -0.384. The van der Waals surface area contributed by atoms with Crippen molar-refractivity contribution in [3.63, 3.8) is 0 Å². The maximum absolute atomic E-state index is 11.7. The Kier molecular flexibility index (Phi) is 2.15. The average Bonchev–Trinajstić information content (AvgIpc) is 2.23. The van der Waals surface area contributed by atoms with Crippen LogP contribution in [0.25, 0.3) is 0 Å². The summed E-state index contributed by atoms with van der Waals surface area (Å²) in [6, 6.07) is 4.46. The van der Waals surface area contributed by atoms with E-state index in [9.17, 15) is 14.9 Å². The monoisotopic (exact) mass is 206 g/mol. The lowest BCUT2D eigenvalue weighted by Crippen LogP contribution is -2.34. The fraction of sp³-hybridized carbons (Fsp3) is 0.300. The molecule has 78 valence electrons. The molecule has 1 aromatic rings. The summed E-state index contributed by atoms with van der Waals surface area (Å²) in [4.78, 5) is 23.3. The Morgan fingerprint density at radius 1 is 1.47 bits per heavy atom. The van der Waals surface area contributed by atoms with Gasteiger partial charge in [-0.2, -0.15) is 0 Å². The minimum absolute atomic E-state index is 0.0302. The summed E-state index contributed by atoms with van der Waals surface area (Å²) in [6.45, 7) is 0.670. The van der Waals surface area contributed by atoms with Gasteiger partial charge < -0.3 is 4.90 Å². The smallest absolute Gasteiger partial charge is 0.270 e. The molecule has 0 saturated heterocycles. The highest BCUT2D eigenvalue weighted by atomic mass is 16.6. The van der Waals surface area contributed by atoms with Gasteiger partial charge in [-0.25, -0.2) is 0 Å². The second-order valence-corrected chi connectivity index (χ2v) is 3.58. The molecule has 2 rings (SSSR count). The van der Waals surface area contributed by atoms with Gasteiger partial charge in [0.2, 0.25) is 0 Å².